The molecule has 0 saturated carbocycles. The Hall–Kier alpha value is -2.33. The minimum absolute atomic E-state index is 0.0945. The fourth-order valence-corrected chi connectivity index (χ4v) is 27.0. The Balaban J connectivity index is 0.000000381. The van der Waals surface area contributed by atoms with E-state index in [0.29, 0.717) is 10.1 Å². The zero-order valence-electron chi connectivity index (χ0n) is 34.4. The van der Waals surface area contributed by atoms with Gasteiger partial charge in [0, 0.05) is 0 Å². The normalized spacial score (nSPS) is 13.8. The summed E-state index contributed by atoms with van der Waals surface area (Å²) in [4.78, 5) is 0. The highest BCUT2D eigenvalue weighted by Crippen LogP contribution is 2.46. The van der Waals surface area contributed by atoms with Gasteiger partial charge in [-0.15, -0.1) is 0 Å². The van der Waals surface area contributed by atoms with Gasteiger partial charge in [0.25, 0.3) is 16.6 Å². The summed E-state index contributed by atoms with van der Waals surface area (Å²) >= 11 is 0. The zero-order valence-corrected chi connectivity index (χ0v) is 38.4. The highest BCUT2D eigenvalue weighted by atomic mass is 28.4. The van der Waals surface area contributed by atoms with E-state index in [9.17, 15) is 0 Å². The summed E-state index contributed by atoms with van der Waals surface area (Å²) in [5.74, 6) is 0. The zero-order chi connectivity index (χ0) is 37.9. The average molecular weight is 741 g/mol. The molecule has 0 unspecified atom stereocenters. The third kappa shape index (κ3) is 8.82. The summed E-state index contributed by atoms with van der Waals surface area (Å²) < 4.78 is 14.8. The predicted molar refractivity (Wildman–Crippen MR) is 232 cm³/mol. The molecule has 0 radical (unpaired) electrons. The molecule has 0 fully saturated rings. The molecule has 0 N–H and O–H groups in total. The second-order valence-corrected chi connectivity index (χ2v) is 37.8. The smallest absolute Gasteiger partial charge is 0.251 e. The summed E-state index contributed by atoms with van der Waals surface area (Å²) in [5.41, 5.74) is 0. The number of hydrogen-bond donors (Lipinski definition) is 0. The van der Waals surface area contributed by atoms with E-state index in [1.165, 1.54) is 20.7 Å². The van der Waals surface area contributed by atoms with E-state index in [-0.39, 0.29) is 10.1 Å². The van der Waals surface area contributed by atoms with E-state index in [2.05, 4.69) is 231 Å². The third-order valence-corrected chi connectivity index (χ3v) is 33.8. The maximum absolute atomic E-state index is 8.18. The van der Waals surface area contributed by atoms with Crippen LogP contribution in [0.3, 0.4) is 0 Å². The molecule has 2 nitrogen and oxygen atoms in total. The van der Waals surface area contributed by atoms with Crippen molar-refractivity contribution in [2.75, 3.05) is 0 Å². The van der Waals surface area contributed by atoms with Crippen LogP contribution in [0, 0.1) is 0 Å². The Morgan fingerprint density at radius 1 is 0.300 bits per heavy atom. The van der Waals surface area contributed by atoms with Crippen LogP contribution in [0.15, 0.2) is 121 Å². The molecule has 0 aliphatic carbocycles. The summed E-state index contributed by atoms with van der Waals surface area (Å²) in [6.45, 7) is 37.5. The van der Waals surface area contributed by atoms with E-state index in [0.717, 1.165) is 0 Å². The van der Waals surface area contributed by atoms with Crippen LogP contribution < -0.4 is 20.7 Å². The Kier molecular flexibility index (Phi) is 12.9. The first-order chi connectivity index (χ1) is 22.8. The van der Waals surface area contributed by atoms with Crippen LogP contribution in [-0.2, 0) is 8.23 Å². The Labute approximate surface area is 311 Å². The van der Waals surface area contributed by atoms with Crippen LogP contribution >= 0.6 is 0 Å². The van der Waals surface area contributed by atoms with Crippen molar-refractivity contribution in [1.82, 2.24) is 0 Å². The molecule has 0 aromatic heterocycles. The van der Waals surface area contributed by atoms with Crippen LogP contribution in [0.2, 0.25) is 46.3 Å². The van der Waals surface area contributed by atoms with Gasteiger partial charge in [-0.25, -0.2) is 0 Å². The maximum Gasteiger partial charge on any atom is 0.251 e. The van der Waals surface area contributed by atoms with Crippen LogP contribution in [0.4, 0.5) is 0 Å². The Bertz CT molecular complexity index is 1410. The summed E-state index contributed by atoms with van der Waals surface area (Å²) in [6, 6.07) is 44.1. The summed E-state index contributed by atoms with van der Waals surface area (Å²) in [7, 11) is -8.77. The lowest BCUT2D eigenvalue weighted by molar-refractivity contribution is 0.449. The molecule has 0 bridgehead atoms. The van der Waals surface area contributed by atoms with Crippen LogP contribution in [0.25, 0.3) is 0 Å². The van der Waals surface area contributed by atoms with Crippen molar-refractivity contribution in [3.05, 3.63) is 121 Å². The second kappa shape index (κ2) is 15.3. The molecule has 0 atom stereocenters. The van der Waals surface area contributed by atoms with E-state index in [4.69, 9.17) is 8.23 Å². The molecule has 50 heavy (non-hydrogen) atoms. The van der Waals surface area contributed by atoms with Gasteiger partial charge in [0.05, 0.1) is 0 Å². The van der Waals surface area contributed by atoms with E-state index < -0.39 is 33.3 Å². The number of rotatable bonds is 8. The van der Waals surface area contributed by atoms with Crippen molar-refractivity contribution in [3.8, 4) is 0 Å². The van der Waals surface area contributed by atoms with Crippen LogP contribution in [0.5, 0.6) is 0 Å². The molecule has 4 rings (SSSR count). The topological polar surface area (TPSA) is 18.5 Å². The second-order valence-electron chi connectivity index (χ2n) is 19.1. The van der Waals surface area contributed by atoms with Crippen LogP contribution in [0.1, 0.15) is 83.1 Å². The van der Waals surface area contributed by atoms with Gasteiger partial charge in [-0.05, 0) is 67.1 Å². The molecule has 272 valence electrons. The predicted octanol–water partition coefficient (Wildman–Crippen LogP) is 11.1. The molecule has 0 spiro atoms. The molecule has 4 aromatic carbocycles. The first kappa shape index (κ1) is 42.1. The monoisotopic (exact) mass is 740 g/mol. The van der Waals surface area contributed by atoms with E-state index in [1.54, 1.807) is 0 Å². The van der Waals surface area contributed by atoms with Crippen molar-refractivity contribution in [2.24, 2.45) is 0 Å². The first-order valence-electron chi connectivity index (χ1n) is 18.5. The van der Waals surface area contributed by atoms with Gasteiger partial charge in [0.2, 0.25) is 0 Å². The molecule has 6 heteroatoms. The Morgan fingerprint density at radius 2 is 0.500 bits per heavy atom. The van der Waals surface area contributed by atoms with Crippen molar-refractivity contribution in [2.45, 2.75) is 129 Å². The highest BCUT2D eigenvalue weighted by molar-refractivity contribution is 7.11. The van der Waals surface area contributed by atoms with Gasteiger partial charge >= 0.3 is 0 Å². The lowest BCUT2D eigenvalue weighted by Crippen LogP contribution is -2.78. The van der Waals surface area contributed by atoms with Crippen molar-refractivity contribution < 1.29 is 8.23 Å². The van der Waals surface area contributed by atoms with Crippen molar-refractivity contribution >= 4 is 54.0 Å². The lowest BCUT2D eigenvalue weighted by atomic mass is 10.2. The van der Waals surface area contributed by atoms with Gasteiger partial charge in [-0.2, -0.15) is 0 Å². The molecular formula is C44H68O2Si4. The molecule has 0 aliphatic rings. The molecule has 4 aromatic rings. The highest BCUT2D eigenvalue weighted by Gasteiger charge is 2.60. The fourth-order valence-electron chi connectivity index (χ4n) is 6.47. The minimum atomic E-state index is -2.80. The standard InChI is InChI=1S/C32H38OSi2.C12H30OSi2/c1-31(2,3)34(27-19-11-7-12-20-27,28-21-13-8-14-22-28)33-35(32(4,5)6,29-23-15-9-16-24-29)30-25-17-10-18-26-30;1-11(2,3)14(7,8)13-15(9,10)12(4,5)6/h7-26H,1-6H3;1-10H3. The SMILES string of the molecule is CC(C)(C)[Si](C)(C)O[Si](C)(C)C(C)(C)C.CC(C)(C)[Si](O[Si](c1ccccc1)(c1ccccc1)C(C)(C)C)(c1ccccc1)c1ccccc1. The molecule has 0 amide bonds. The van der Waals surface area contributed by atoms with Gasteiger partial charge in [0.15, 0.2) is 16.6 Å². The minimum Gasteiger partial charge on any atom is -0.455 e. The van der Waals surface area contributed by atoms with Gasteiger partial charge in [0.1, 0.15) is 0 Å². The molecular weight excluding hydrogens is 673 g/mol. The van der Waals surface area contributed by atoms with Gasteiger partial charge < -0.3 is 8.23 Å². The first-order valence-corrected chi connectivity index (χ1v) is 28.1. The summed E-state index contributed by atoms with van der Waals surface area (Å²) in [6.07, 6.45) is 0. The van der Waals surface area contributed by atoms with Crippen LogP contribution in [-0.4, -0.2) is 33.3 Å². The Morgan fingerprint density at radius 3 is 0.660 bits per heavy atom. The number of hydrogen-bond acceptors (Lipinski definition) is 2. The lowest BCUT2D eigenvalue weighted by Gasteiger charge is -2.53. The quantitative estimate of drug-likeness (QED) is 0.168. The number of benzene rings is 4. The largest absolute Gasteiger partial charge is 0.455 e. The fraction of sp³-hybridized carbons (Fsp3) is 0.455. The molecule has 0 heterocycles. The average Bonchev–Trinajstić information content (AvgIpc) is 3.01. The maximum atomic E-state index is 8.18. The van der Waals surface area contributed by atoms with Gasteiger partial charge in [-0.1, -0.05) is 204 Å². The molecule has 0 aliphatic heterocycles. The molecule has 0 saturated heterocycles. The van der Waals surface area contributed by atoms with Gasteiger partial charge in [-0.3, -0.25) is 0 Å². The van der Waals surface area contributed by atoms with Crippen molar-refractivity contribution in [1.29, 1.82) is 0 Å². The third-order valence-electron chi connectivity index (χ3n) is 11.3. The summed E-state index contributed by atoms with van der Waals surface area (Å²) in [5, 5.41) is 5.76. The van der Waals surface area contributed by atoms with E-state index in [1.807, 2.05) is 0 Å². The van der Waals surface area contributed by atoms with E-state index >= 15 is 0 Å². The van der Waals surface area contributed by atoms with Crippen molar-refractivity contribution in [3.63, 3.8) is 0 Å².